The second kappa shape index (κ2) is 7.90. The number of nitrogens with one attached hydrogen (secondary N) is 2. The van der Waals surface area contributed by atoms with Gasteiger partial charge in [-0.15, -0.1) is 0 Å². The Morgan fingerprint density at radius 2 is 1.59 bits per heavy atom. The standard InChI is InChI=1S/C20H22N4O3/c1-3-23-17-6-4-5-7-18(17)24(20(23)27)13-19(26)21-12-15-8-10-16(11-9-15)22-14(2)25/h4-11H,3,12-13H2,1-2H3,(H,21,26)(H,22,25). The Labute approximate surface area is 156 Å². The van der Waals surface area contributed by atoms with Crippen LogP contribution >= 0.6 is 0 Å². The van der Waals surface area contributed by atoms with Gasteiger partial charge in [0.05, 0.1) is 11.0 Å². The Balaban J connectivity index is 1.68. The molecule has 2 aromatic carbocycles. The van der Waals surface area contributed by atoms with Crippen LogP contribution in [0.5, 0.6) is 0 Å². The molecule has 0 radical (unpaired) electrons. The minimum Gasteiger partial charge on any atom is -0.350 e. The predicted octanol–water partition coefficient (Wildman–Crippen LogP) is 2.10. The van der Waals surface area contributed by atoms with Gasteiger partial charge in [0.1, 0.15) is 6.54 Å². The minimum absolute atomic E-state index is 0.0314. The van der Waals surface area contributed by atoms with E-state index in [1.54, 1.807) is 16.7 Å². The number of hydrogen-bond donors (Lipinski definition) is 2. The topological polar surface area (TPSA) is 85.1 Å². The van der Waals surface area contributed by atoms with E-state index in [0.717, 1.165) is 16.6 Å². The number of amides is 2. The van der Waals surface area contributed by atoms with Crippen LogP contribution in [0.3, 0.4) is 0 Å². The number of carbonyl (C=O) groups excluding carboxylic acids is 2. The van der Waals surface area contributed by atoms with E-state index >= 15 is 0 Å². The first-order valence-electron chi connectivity index (χ1n) is 8.81. The van der Waals surface area contributed by atoms with Crippen LogP contribution in [0.2, 0.25) is 0 Å². The molecular formula is C20H22N4O3. The van der Waals surface area contributed by atoms with E-state index in [9.17, 15) is 14.4 Å². The summed E-state index contributed by atoms with van der Waals surface area (Å²) in [5.74, 6) is -0.366. The maximum atomic E-state index is 12.6. The molecule has 0 bridgehead atoms. The number of rotatable bonds is 6. The van der Waals surface area contributed by atoms with Crippen LogP contribution in [0.4, 0.5) is 5.69 Å². The second-order valence-electron chi connectivity index (χ2n) is 6.26. The number of benzene rings is 2. The lowest BCUT2D eigenvalue weighted by Gasteiger charge is -2.08. The smallest absolute Gasteiger partial charge is 0.329 e. The summed E-state index contributed by atoms with van der Waals surface area (Å²) in [7, 11) is 0. The summed E-state index contributed by atoms with van der Waals surface area (Å²) in [4.78, 5) is 36.0. The van der Waals surface area contributed by atoms with Crippen molar-refractivity contribution in [2.45, 2.75) is 33.5 Å². The SMILES string of the molecule is CCn1c(=O)n(CC(=O)NCc2ccc(NC(C)=O)cc2)c2ccccc21. The molecule has 1 aromatic heterocycles. The van der Waals surface area contributed by atoms with Gasteiger partial charge in [0.15, 0.2) is 0 Å². The molecule has 3 aromatic rings. The van der Waals surface area contributed by atoms with Crippen molar-refractivity contribution in [3.63, 3.8) is 0 Å². The molecule has 0 saturated carbocycles. The normalized spacial score (nSPS) is 10.7. The Kier molecular flexibility index (Phi) is 5.40. The number of nitrogens with zero attached hydrogens (tertiary/aromatic N) is 2. The summed E-state index contributed by atoms with van der Waals surface area (Å²) in [6.07, 6.45) is 0. The van der Waals surface area contributed by atoms with Gasteiger partial charge in [-0.1, -0.05) is 24.3 Å². The van der Waals surface area contributed by atoms with Gasteiger partial charge in [-0.3, -0.25) is 18.7 Å². The number of anilines is 1. The molecule has 0 saturated heterocycles. The number of imidazole rings is 1. The molecule has 2 N–H and O–H groups in total. The molecule has 0 spiro atoms. The van der Waals surface area contributed by atoms with Gasteiger partial charge < -0.3 is 10.6 Å². The quantitative estimate of drug-likeness (QED) is 0.701. The van der Waals surface area contributed by atoms with E-state index in [1.807, 2.05) is 43.3 Å². The van der Waals surface area contributed by atoms with Crippen molar-refractivity contribution in [2.75, 3.05) is 5.32 Å². The van der Waals surface area contributed by atoms with Crippen molar-refractivity contribution >= 4 is 28.5 Å². The third-order valence-electron chi connectivity index (χ3n) is 4.31. The zero-order valence-electron chi connectivity index (χ0n) is 15.4. The summed E-state index contributed by atoms with van der Waals surface area (Å²) in [6, 6.07) is 14.7. The first-order valence-corrected chi connectivity index (χ1v) is 8.81. The zero-order valence-corrected chi connectivity index (χ0v) is 15.4. The van der Waals surface area contributed by atoms with Crippen LogP contribution in [0.15, 0.2) is 53.3 Å². The Bertz CT molecular complexity index is 1030. The summed E-state index contributed by atoms with van der Waals surface area (Å²) in [5.41, 5.74) is 3.00. The Morgan fingerprint density at radius 3 is 2.19 bits per heavy atom. The lowest BCUT2D eigenvalue weighted by Crippen LogP contribution is -2.32. The molecule has 27 heavy (non-hydrogen) atoms. The fourth-order valence-corrected chi connectivity index (χ4v) is 3.04. The van der Waals surface area contributed by atoms with Crippen LogP contribution in [0.1, 0.15) is 19.4 Å². The van der Waals surface area contributed by atoms with Gasteiger partial charge in [-0.25, -0.2) is 4.79 Å². The van der Waals surface area contributed by atoms with Crippen molar-refractivity contribution in [3.05, 3.63) is 64.6 Å². The van der Waals surface area contributed by atoms with Crippen molar-refractivity contribution in [2.24, 2.45) is 0 Å². The number of carbonyl (C=O) groups is 2. The highest BCUT2D eigenvalue weighted by Crippen LogP contribution is 2.13. The van der Waals surface area contributed by atoms with Crippen LogP contribution in [0.25, 0.3) is 11.0 Å². The van der Waals surface area contributed by atoms with Crippen molar-refractivity contribution in [1.82, 2.24) is 14.5 Å². The van der Waals surface area contributed by atoms with Crippen molar-refractivity contribution < 1.29 is 9.59 Å². The second-order valence-corrected chi connectivity index (χ2v) is 6.26. The molecular weight excluding hydrogens is 344 g/mol. The lowest BCUT2D eigenvalue weighted by molar-refractivity contribution is -0.121. The first kappa shape index (κ1) is 18.4. The van der Waals surface area contributed by atoms with E-state index in [1.165, 1.54) is 11.5 Å². The lowest BCUT2D eigenvalue weighted by atomic mass is 10.2. The van der Waals surface area contributed by atoms with E-state index in [2.05, 4.69) is 10.6 Å². The first-order chi connectivity index (χ1) is 13.0. The highest BCUT2D eigenvalue weighted by atomic mass is 16.2. The molecule has 0 aliphatic heterocycles. The largest absolute Gasteiger partial charge is 0.350 e. The number of aryl methyl sites for hydroxylation is 1. The molecule has 0 unspecified atom stereocenters. The highest BCUT2D eigenvalue weighted by molar-refractivity contribution is 5.88. The summed E-state index contributed by atoms with van der Waals surface area (Å²) in [6.45, 7) is 4.22. The predicted molar refractivity (Wildman–Crippen MR) is 104 cm³/mol. The molecule has 1 heterocycles. The van der Waals surface area contributed by atoms with Gasteiger partial charge in [0.2, 0.25) is 11.8 Å². The number of para-hydroxylation sites is 2. The average Bonchev–Trinajstić information content (AvgIpc) is 2.92. The molecule has 140 valence electrons. The third kappa shape index (κ3) is 4.08. The molecule has 0 fully saturated rings. The average molecular weight is 366 g/mol. The van der Waals surface area contributed by atoms with E-state index < -0.39 is 0 Å². The number of hydrogen-bond acceptors (Lipinski definition) is 3. The molecule has 3 rings (SSSR count). The monoisotopic (exact) mass is 366 g/mol. The summed E-state index contributed by atoms with van der Waals surface area (Å²) >= 11 is 0. The van der Waals surface area contributed by atoms with Gasteiger partial charge in [-0.2, -0.15) is 0 Å². The number of fused-ring (bicyclic) bond motifs is 1. The van der Waals surface area contributed by atoms with E-state index in [-0.39, 0.29) is 24.0 Å². The molecule has 7 nitrogen and oxygen atoms in total. The number of aromatic nitrogens is 2. The molecule has 0 atom stereocenters. The third-order valence-corrected chi connectivity index (χ3v) is 4.31. The molecule has 2 amide bonds. The van der Waals surface area contributed by atoms with Gasteiger partial charge >= 0.3 is 5.69 Å². The fourth-order valence-electron chi connectivity index (χ4n) is 3.04. The van der Waals surface area contributed by atoms with Crippen LogP contribution in [0, 0.1) is 0 Å². The van der Waals surface area contributed by atoms with E-state index in [0.29, 0.717) is 18.8 Å². The summed E-state index contributed by atoms with van der Waals surface area (Å²) in [5, 5.41) is 5.53. The van der Waals surface area contributed by atoms with Crippen molar-refractivity contribution in [3.8, 4) is 0 Å². The molecule has 0 aliphatic carbocycles. The molecule has 7 heteroatoms. The van der Waals surface area contributed by atoms with Gasteiger partial charge in [0.25, 0.3) is 0 Å². The Morgan fingerprint density at radius 1 is 0.963 bits per heavy atom. The van der Waals surface area contributed by atoms with Crippen LogP contribution in [-0.2, 0) is 29.2 Å². The minimum atomic E-state index is -0.234. The van der Waals surface area contributed by atoms with Gasteiger partial charge in [-0.05, 0) is 36.8 Å². The van der Waals surface area contributed by atoms with Crippen molar-refractivity contribution in [1.29, 1.82) is 0 Å². The highest BCUT2D eigenvalue weighted by Gasteiger charge is 2.14. The zero-order chi connectivity index (χ0) is 19.4. The van der Waals surface area contributed by atoms with Crippen LogP contribution in [-0.4, -0.2) is 20.9 Å². The maximum absolute atomic E-state index is 12.6. The maximum Gasteiger partial charge on any atom is 0.329 e. The molecule has 0 aliphatic rings. The summed E-state index contributed by atoms with van der Waals surface area (Å²) < 4.78 is 3.15. The van der Waals surface area contributed by atoms with Crippen LogP contribution < -0.4 is 16.3 Å². The van der Waals surface area contributed by atoms with Gasteiger partial charge in [0, 0.05) is 25.7 Å². The fraction of sp³-hybridized carbons (Fsp3) is 0.250. The Hall–Kier alpha value is -3.35. The van der Waals surface area contributed by atoms with E-state index in [4.69, 9.17) is 0 Å².